The van der Waals surface area contributed by atoms with E-state index >= 15 is 0 Å². The minimum atomic E-state index is -5.22. The molecule has 10 heteroatoms. The van der Waals surface area contributed by atoms with Gasteiger partial charge in [0.15, 0.2) is 4.75 Å². The molecule has 1 atom stereocenters. The first-order chi connectivity index (χ1) is 13.5. The Morgan fingerprint density at radius 1 is 0.759 bits per heavy atom. The Morgan fingerprint density at radius 2 is 1.38 bits per heavy atom. The lowest BCUT2D eigenvalue weighted by Gasteiger charge is -2.35. The summed E-state index contributed by atoms with van der Waals surface area (Å²) in [5, 5.41) is 20.2. The lowest BCUT2D eigenvalue weighted by molar-refractivity contribution is 0.428. The molecule has 0 bridgehead atoms. The zero-order valence-corrected chi connectivity index (χ0v) is 18.1. The molecule has 0 heterocycles. The van der Waals surface area contributed by atoms with E-state index in [1.54, 1.807) is 6.07 Å². The summed E-state index contributed by atoms with van der Waals surface area (Å²) in [5.41, 5.74) is -1.04. The number of halogens is 4. The van der Waals surface area contributed by atoms with Crippen LogP contribution >= 0.6 is 46.4 Å². The number of hydrogen-bond acceptors (Lipinski definition) is 4. The van der Waals surface area contributed by atoms with Gasteiger partial charge in [-0.05, 0) is 23.8 Å². The van der Waals surface area contributed by atoms with E-state index in [9.17, 15) is 23.2 Å². The van der Waals surface area contributed by atoms with Gasteiger partial charge in [-0.25, -0.2) is 0 Å². The molecule has 0 amide bonds. The fourth-order valence-electron chi connectivity index (χ4n) is 3.26. The van der Waals surface area contributed by atoms with Gasteiger partial charge in [-0.3, -0.25) is 4.55 Å². The fourth-order valence-corrected chi connectivity index (χ4v) is 5.80. The minimum Gasteiger partial charge on any atom is -0.508 e. The van der Waals surface area contributed by atoms with E-state index in [4.69, 9.17) is 46.4 Å². The van der Waals surface area contributed by atoms with Crippen LogP contribution in [-0.4, -0.2) is 23.2 Å². The van der Waals surface area contributed by atoms with Crippen molar-refractivity contribution in [2.45, 2.75) is 4.75 Å². The molecule has 0 radical (unpaired) electrons. The van der Waals surface area contributed by atoms with Gasteiger partial charge in [0, 0.05) is 16.1 Å². The largest absolute Gasteiger partial charge is 0.508 e. The standard InChI is InChI=1S/C19H12Cl4O5S/c20-11-7-4-8-14(24)15(11)19(29(26,27)28,10-5-2-1-3-6-10)16-17(23)12(21)9-13(22)18(16)25/h1-9,24-25H,(H,26,27,28). The van der Waals surface area contributed by atoms with Gasteiger partial charge in [-0.1, -0.05) is 82.8 Å². The molecular weight excluding hydrogens is 482 g/mol. The van der Waals surface area contributed by atoms with Gasteiger partial charge in [0.2, 0.25) is 0 Å². The highest BCUT2D eigenvalue weighted by atomic mass is 35.5. The molecule has 1 unspecified atom stereocenters. The molecule has 0 saturated heterocycles. The first-order valence-electron chi connectivity index (χ1n) is 7.91. The summed E-state index contributed by atoms with van der Waals surface area (Å²) in [5.74, 6) is -1.31. The fraction of sp³-hybridized carbons (Fsp3) is 0.0526. The molecule has 3 aromatic rings. The second-order valence-corrected chi connectivity index (χ2v) is 9.20. The number of phenolic OH excluding ortho intramolecular Hbond substituents is 2. The summed E-state index contributed by atoms with van der Waals surface area (Å²) in [6.45, 7) is 0. The Kier molecular flexibility index (Phi) is 5.98. The van der Waals surface area contributed by atoms with Crippen LogP contribution in [-0.2, 0) is 14.9 Å². The van der Waals surface area contributed by atoms with E-state index in [0.29, 0.717) is 0 Å². The Morgan fingerprint density at radius 3 is 1.93 bits per heavy atom. The molecule has 0 aliphatic heterocycles. The van der Waals surface area contributed by atoms with Gasteiger partial charge < -0.3 is 10.2 Å². The predicted molar refractivity (Wildman–Crippen MR) is 114 cm³/mol. The zero-order chi connectivity index (χ0) is 21.6. The number of phenols is 2. The van der Waals surface area contributed by atoms with Crippen LogP contribution < -0.4 is 0 Å². The van der Waals surface area contributed by atoms with Gasteiger partial charge in [-0.15, -0.1) is 0 Å². The van der Waals surface area contributed by atoms with Crippen molar-refractivity contribution in [3.05, 3.63) is 91.4 Å². The molecule has 0 aliphatic carbocycles. The maximum absolute atomic E-state index is 13.0. The van der Waals surface area contributed by atoms with Crippen LogP contribution in [0.25, 0.3) is 0 Å². The molecule has 152 valence electrons. The van der Waals surface area contributed by atoms with E-state index in [0.717, 1.165) is 6.07 Å². The second-order valence-electron chi connectivity index (χ2n) is 6.03. The van der Waals surface area contributed by atoms with Crippen LogP contribution in [0, 0.1) is 0 Å². The van der Waals surface area contributed by atoms with Crippen molar-refractivity contribution in [3.63, 3.8) is 0 Å². The molecule has 0 fully saturated rings. The van der Waals surface area contributed by atoms with Gasteiger partial charge in [-0.2, -0.15) is 8.42 Å². The van der Waals surface area contributed by atoms with Crippen molar-refractivity contribution in [1.82, 2.24) is 0 Å². The average Bonchev–Trinajstić information content (AvgIpc) is 2.64. The van der Waals surface area contributed by atoms with Crippen LogP contribution in [0.1, 0.15) is 16.7 Å². The smallest absolute Gasteiger partial charge is 0.283 e. The third-order valence-electron chi connectivity index (χ3n) is 4.41. The van der Waals surface area contributed by atoms with Gasteiger partial charge in [0.25, 0.3) is 10.1 Å². The summed E-state index contributed by atoms with van der Waals surface area (Å²) in [4.78, 5) is 0. The molecule has 0 saturated carbocycles. The van der Waals surface area contributed by atoms with Gasteiger partial charge >= 0.3 is 0 Å². The van der Waals surface area contributed by atoms with Crippen LogP contribution in [0.3, 0.4) is 0 Å². The van der Waals surface area contributed by atoms with E-state index < -0.39 is 42.5 Å². The van der Waals surface area contributed by atoms with E-state index in [-0.39, 0.29) is 20.6 Å². The van der Waals surface area contributed by atoms with E-state index in [2.05, 4.69) is 0 Å². The van der Waals surface area contributed by atoms with Crippen molar-refractivity contribution in [2.75, 3.05) is 0 Å². The SMILES string of the molecule is O=S(=O)(O)C(c1ccccc1)(c1c(O)cccc1Cl)c1c(O)c(Cl)cc(Cl)c1Cl. The second kappa shape index (κ2) is 7.87. The molecule has 3 aromatic carbocycles. The number of rotatable bonds is 4. The summed E-state index contributed by atoms with van der Waals surface area (Å²) in [7, 11) is -5.22. The average molecular weight is 494 g/mol. The lowest BCUT2D eigenvalue weighted by Crippen LogP contribution is -2.39. The van der Waals surface area contributed by atoms with Crippen LogP contribution in [0.5, 0.6) is 11.5 Å². The van der Waals surface area contributed by atoms with Crippen LogP contribution in [0.15, 0.2) is 54.6 Å². The maximum atomic E-state index is 13.0. The van der Waals surface area contributed by atoms with Crippen LogP contribution in [0.4, 0.5) is 0 Å². The Balaban J connectivity index is 2.72. The highest BCUT2D eigenvalue weighted by molar-refractivity contribution is 7.87. The van der Waals surface area contributed by atoms with Crippen LogP contribution in [0.2, 0.25) is 20.1 Å². The minimum absolute atomic E-state index is 0.0681. The molecule has 0 spiro atoms. The lowest BCUT2D eigenvalue weighted by atomic mass is 9.82. The molecule has 0 aromatic heterocycles. The summed E-state index contributed by atoms with van der Waals surface area (Å²) in [6.07, 6.45) is 0. The zero-order valence-electron chi connectivity index (χ0n) is 14.3. The summed E-state index contributed by atoms with van der Waals surface area (Å²) in [6, 6.07) is 12.3. The summed E-state index contributed by atoms with van der Waals surface area (Å²) < 4.78 is 33.9. The molecule has 3 N–H and O–H groups in total. The normalized spacial score (nSPS) is 13.8. The monoisotopic (exact) mass is 492 g/mol. The van der Waals surface area contributed by atoms with Gasteiger partial charge in [0.1, 0.15) is 11.5 Å². The first kappa shape index (κ1) is 22.0. The Bertz CT molecular complexity index is 1150. The Labute approximate surface area is 186 Å². The predicted octanol–water partition coefficient (Wildman–Crippen LogP) is 5.89. The van der Waals surface area contributed by atoms with Crippen molar-refractivity contribution in [2.24, 2.45) is 0 Å². The van der Waals surface area contributed by atoms with Crippen molar-refractivity contribution in [3.8, 4) is 11.5 Å². The first-order valence-corrected chi connectivity index (χ1v) is 10.9. The highest BCUT2D eigenvalue weighted by Crippen LogP contribution is 2.56. The topological polar surface area (TPSA) is 94.8 Å². The Hall–Kier alpha value is -1.67. The third kappa shape index (κ3) is 3.44. The molecule has 0 aliphatic rings. The third-order valence-corrected chi connectivity index (χ3v) is 7.22. The quantitative estimate of drug-likeness (QED) is 0.239. The molecule has 5 nitrogen and oxygen atoms in total. The summed E-state index contributed by atoms with van der Waals surface area (Å²) >= 11 is 24.7. The number of benzene rings is 3. The van der Waals surface area contributed by atoms with Crippen molar-refractivity contribution >= 4 is 56.5 Å². The van der Waals surface area contributed by atoms with Crippen molar-refractivity contribution < 1.29 is 23.2 Å². The molecule has 3 rings (SSSR count). The molecule has 29 heavy (non-hydrogen) atoms. The van der Waals surface area contributed by atoms with E-state index in [1.807, 2.05) is 0 Å². The van der Waals surface area contributed by atoms with Crippen molar-refractivity contribution in [1.29, 1.82) is 0 Å². The van der Waals surface area contributed by atoms with E-state index in [1.165, 1.54) is 42.5 Å². The highest BCUT2D eigenvalue weighted by Gasteiger charge is 2.54. The number of aromatic hydroxyl groups is 2. The van der Waals surface area contributed by atoms with Gasteiger partial charge in [0.05, 0.1) is 15.1 Å². The maximum Gasteiger partial charge on any atom is 0.283 e. The number of hydrogen-bond donors (Lipinski definition) is 3. The molecular formula is C19H12Cl4O5S.